The molecule has 0 spiro atoms. The van der Waals surface area contributed by atoms with Crippen molar-refractivity contribution in [1.82, 2.24) is 0 Å². The third-order valence-electron chi connectivity index (χ3n) is 3.27. The number of esters is 1. The molecule has 0 amide bonds. The minimum Gasteiger partial charge on any atom is -0.489 e. The molecule has 0 heterocycles. The third kappa shape index (κ3) is 5.77. The predicted octanol–water partition coefficient (Wildman–Crippen LogP) is 5.75. The first-order chi connectivity index (χ1) is 11.8. The molecule has 0 N–H and O–H groups in total. The Morgan fingerprint density at radius 3 is 2.36 bits per heavy atom. The van der Waals surface area contributed by atoms with E-state index in [9.17, 15) is 18.0 Å². The fourth-order valence-electron chi connectivity index (χ4n) is 1.99. The lowest BCUT2D eigenvalue weighted by Crippen LogP contribution is -2.07. The molecule has 3 nitrogen and oxygen atoms in total. The Morgan fingerprint density at radius 1 is 1.12 bits per heavy atom. The summed E-state index contributed by atoms with van der Waals surface area (Å²) in [5.74, 6) is 0.573. The minimum absolute atomic E-state index is 0.125. The molecule has 2 aromatic rings. The second-order valence-electron chi connectivity index (χ2n) is 5.30. The Morgan fingerprint density at radius 2 is 1.80 bits per heavy atom. The van der Waals surface area contributed by atoms with E-state index < -0.39 is 11.7 Å². The van der Waals surface area contributed by atoms with Gasteiger partial charge in [-0.25, -0.2) is 0 Å². The number of rotatable bonds is 6. The highest BCUT2D eigenvalue weighted by Gasteiger charge is 2.29. The van der Waals surface area contributed by atoms with Gasteiger partial charge in [0.1, 0.15) is 18.1 Å². The average molecular weight is 417 g/mol. The van der Waals surface area contributed by atoms with Gasteiger partial charge in [-0.1, -0.05) is 19.1 Å². The van der Waals surface area contributed by atoms with Crippen LogP contribution in [0.1, 0.15) is 30.9 Å². The normalized spacial score (nSPS) is 11.2. The van der Waals surface area contributed by atoms with E-state index in [2.05, 4.69) is 15.9 Å². The van der Waals surface area contributed by atoms with Crippen molar-refractivity contribution >= 4 is 21.9 Å². The number of ether oxygens (including phenoxy) is 2. The van der Waals surface area contributed by atoms with Crippen molar-refractivity contribution in [3.8, 4) is 11.5 Å². The number of benzene rings is 2. The largest absolute Gasteiger partial charge is 0.489 e. The van der Waals surface area contributed by atoms with Crippen molar-refractivity contribution < 1.29 is 27.4 Å². The highest BCUT2D eigenvalue weighted by Crippen LogP contribution is 2.31. The topological polar surface area (TPSA) is 35.5 Å². The number of hydrogen-bond acceptors (Lipinski definition) is 3. The second kappa shape index (κ2) is 8.38. The van der Waals surface area contributed by atoms with Gasteiger partial charge in [0, 0.05) is 6.42 Å². The van der Waals surface area contributed by atoms with Gasteiger partial charge in [0.05, 0.1) is 10.0 Å². The Bertz CT molecular complexity index is 727. The summed E-state index contributed by atoms with van der Waals surface area (Å²) in [7, 11) is 0. The van der Waals surface area contributed by atoms with Crippen LogP contribution >= 0.6 is 15.9 Å². The molecule has 0 fully saturated rings. The van der Waals surface area contributed by atoms with Crippen LogP contribution in [-0.2, 0) is 17.6 Å². The zero-order chi connectivity index (χ0) is 18.4. The van der Waals surface area contributed by atoms with Gasteiger partial charge in [-0.3, -0.25) is 4.79 Å². The molecule has 0 radical (unpaired) electrons. The predicted molar refractivity (Wildman–Crippen MR) is 90.5 cm³/mol. The molecular weight excluding hydrogens is 401 g/mol. The van der Waals surface area contributed by atoms with Gasteiger partial charge in [0.2, 0.25) is 0 Å². The molecule has 0 aliphatic carbocycles. The molecule has 0 saturated carbocycles. The van der Waals surface area contributed by atoms with Gasteiger partial charge < -0.3 is 9.47 Å². The highest BCUT2D eigenvalue weighted by molar-refractivity contribution is 9.10. The zero-order valence-corrected chi connectivity index (χ0v) is 15.0. The molecule has 7 heteroatoms. The second-order valence-corrected chi connectivity index (χ2v) is 6.15. The van der Waals surface area contributed by atoms with Crippen LogP contribution in [0.25, 0.3) is 0 Å². The van der Waals surface area contributed by atoms with E-state index in [4.69, 9.17) is 9.47 Å². The zero-order valence-electron chi connectivity index (χ0n) is 13.4. The molecule has 0 aliphatic rings. The van der Waals surface area contributed by atoms with E-state index >= 15 is 0 Å². The fourth-order valence-corrected chi connectivity index (χ4v) is 2.43. The number of halogens is 4. The van der Waals surface area contributed by atoms with Gasteiger partial charge in [-0.05, 0) is 58.2 Å². The van der Waals surface area contributed by atoms with Crippen molar-refractivity contribution in [2.75, 3.05) is 0 Å². The summed E-state index contributed by atoms with van der Waals surface area (Å²) in [4.78, 5) is 11.5. The van der Waals surface area contributed by atoms with Crippen LogP contribution in [-0.4, -0.2) is 5.97 Å². The van der Waals surface area contributed by atoms with Gasteiger partial charge in [0.25, 0.3) is 0 Å². The van der Waals surface area contributed by atoms with Crippen LogP contribution in [0.2, 0.25) is 0 Å². The monoisotopic (exact) mass is 416 g/mol. The molecule has 2 aromatic carbocycles. The van der Waals surface area contributed by atoms with Crippen LogP contribution in [0.3, 0.4) is 0 Å². The molecule has 0 atom stereocenters. The molecular formula is C18H16BrF3O3. The first-order valence-corrected chi connectivity index (χ1v) is 8.38. The summed E-state index contributed by atoms with van der Waals surface area (Å²) >= 11 is 3.30. The van der Waals surface area contributed by atoms with E-state index in [1.165, 1.54) is 12.1 Å². The van der Waals surface area contributed by atoms with Crippen molar-refractivity contribution in [3.05, 3.63) is 58.1 Å². The maximum absolute atomic E-state index is 12.5. The maximum Gasteiger partial charge on any atom is 0.416 e. The molecule has 2 rings (SSSR count). The van der Waals surface area contributed by atoms with Crippen molar-refractivity contribution in [1.29, 1.82) is 0 Å². The number of alkyl halides is 3. The Balaban J connectivity index is 1.97. The Labute approximate surface area is 151 Å². The quantitative estimate of drug-likeness (QED) is 0.444. The summed E-state index contributed by atoms with van der Waals surface area (Å²) in [5.41, 5.74) is -0.0835. The minimum atomic E-state index is -4.35. The van der Waals surface area contributed by atoms with Crippen LogP contribution < -0.4 is 9.47 Å². The Hall–Kier alpha value is -2.02. The maximum atomic E-state index is 12.5. The molecule has 0 aliphatic heterocycles. The van der Waals surface area contributed by atoms with Gasteiger partial charge in [-0.2, -0.15) is 13.2 Å². The molecule has 0 bridgehead atoms. The summed E-state index contributed by atoms with van der Waals surface area (Å²) in [6.07, 6.45) is -3.32. The van der Waals surface area contributed by atoms with Gasteiger partial charge in [0.15, 0.2) is 0 Å². The molecule has 25 heavy (non-hydrogen) atoms. The SMILES string of the molecule is CCCC(=O)Oc1ccc(OCc2ccc(C(F)(F)F)cc2)cc1Br. The van der Waals surface area contributed by atoms with E-state index in [1.54, 1.807) is 18.2 Å². The lowest BCUT2D eigenvalue weighted by atomic mass is 10.1. The van der Waals surface area contributed by atoms with Crippen LogP contribution in [0.15, 0.2) is 46.9 Å². The van der Waals surface area contributed by atoms with E-state index in [0.717, 1.165) is 12.1 Å². The average Bonchev–Trinajstić information content (AvgIpc) is 2.55. The van der Waals surface area contributed by atoms with Crippen LogP contribution in [0.4, 0.5) is 13.2 Å². The smallest absolute Gasteiger partial charge is 0.416 e. The highest BCUT2D eigenvalue weighted by atomic mass is 79.9. The number of carbonyl (C=O) groups is 1. The Kier molecular flexibility index (Phi) is 6.47. The van der Waals surface area contributed by atoms with Crippen molar-refractivity contribution in [3.63, 3.8) is 0 Å². The molecule has 0 saturated heterocycles. The fraction of sp³-hybridized carbons (Fsp3) is 0.278. The van der Waals surface area contributed by atoms with E-state index in [-0.39, 0.29) is 12.6 Å². The summed E-state index contributed by atoms with van der Waals surface area (Å²) in [5, 5.41) is 0. The summed E-state index contributed by atoms with van der Waals surface area (Å²) < 4.78 is 48.9. The van der Waals surface area contributed by atoms with Crippen molar-refractivity contribution in [2.45, 2.75) is 32.5 Å². The molecule has 134 valence electrons. The summed E-state index contributed by atoms with van der Waals surface area (Å²) in [6.45, 7) is 2.01. The van der Waals surface area contributed by atoms with Crippen LogP contribution in [0, 0.1) is 0 Å². The number of carbonyl (C=O) groups excluding carboxylic acids is 1. The van der Waals surface area contributed by atoms with E-state index in [1.807, 2.05) is 6.92 Å². The van der Waals surface area contributed by atoms with E-state index in [0.29, 0.717) is 34.4 Å². The van der Waals surface area contributed by atoms with Crippen LogP contribution in [0.5, 0.6) is 11.5 Å². The first-order valence-electron chi connectivity index (χ1n) is 7.58. The van der Waals surface area contributed by atoms with Gasteiger partial charge >= 0.3 is 12.1 Å². The first kappa shape index (κ1) is 19.3. The van der Waals surface area contributed by atoms with Gasteiger partial charge in [-0.15, -0.1) is 0 Å². The molecule has 0 aromatic heterocycles. The number of hydrogen-bond donors (Lipinski definition) is 0. The lowest BCUT2D eigenvalue weighted by Gasteiger charge is -2.11. The molecule has 0 unspecified atom stereocenters. The summed E-state index contributed by atoms with van der Waals surface area (Å²) in [6, 6.07) is 9.65. The standard InChI is InChI=1S/C18H16BrF3O3/c1-2-3-17(23)25-16-9-8-14(10-15(16)19)24-11-12-4-6-13(7-5-12)18(20,21)22/h4-10H,2-3,11H2,1H3. The third-order valence-corrected chi connectivity index (χ3v) is 3.89. The van der Waals surface area contributed by atoms with Crippen molar-refractivity contribution in [2.24, 2.45) is 0 Å². The lowest BCUT2D eigenvalue weighted by molar-refractivity contribution is -0.137.